The van der Waals surface area contributed by atoms with Gasteiger partial charge in [-0.15, -0.1) is 0 Å². The van der Waals surface area contributed by atoms with Crippen molar-refractivity contribution < 1.29 is 4.74 Å². The zero-order chi connectivity index (χ0) is 13.7. The lowest BCUT2D eigenvalue weighted by Crippen LogP contribution is -2.64. The van der Waals surface area contributed by atoms with Crippen molar-refractivity contribution in [2.75, 3.05) is 32.8 Å². The molecule has 1 atom stereocenters. The molecule has 1 unspecified atom stereocenters. The quantitative estimate of drug-likeness (QED) is 0.776. The molecule has 3 nitrogen and oxygen atoms in total. The van der Waals surface area contributed by atoms with E-state index in [2.05, 4.69) is 31.0 Å². The highest BCUT2D eigenvalue weighted by Gasteiger charge is 2.38. The van der Waals surface area contributed by atoms with Gasteiger partial charge in [-0.25, -0.2) is 0 Å². The lowest BCUT2D eigenvalue weighted by Gasteiger charge is -2.49. The summed E-state index contributed by atoms with van der Waals surface area (Å²) in [4.78, 5) is 2.64. The van der Waals surface area contributed by atoms with Crippen molar-refractivity contribution in [3.63, 3.8) is 0 Å². The molecule has 1 saturated heterocycles. The van der Waals surface area contributed by atoms with Gasteiger partial charge in [0.25, 0.3) is 0 Å². The Kier molecular flexibility index (Phi) is 5.67. The second-order valence-electron chi connectivity index (χ2n) is 7.01. The van der Waals surface area contributed by atoms with E-state index < -0.39 is 0 Å². The van der Waals surface area contributed by atoms with Gasteiger partial charge in [0.05, 0.1) is 6.61 Å². The monoisotopic (exact) mass is 268 g/mol. The van der Waals surface area contributed by atoms with E-state index in [0.29, 0.717) is 17.5 Å². The molecule has 3 heteroatoms. The zero-order valence-corrected chi connectivity index (χ0v) is 13.1. The molecule has 1 N–H and O–H groups in total. The molecule has 0 amide bonds. The number of hydrogen-bond acceptors (Lipinski definition) is 3. The van der Waals surface area contributed by atoms with Gasteiger partial charge < -0.3 is 10.1 Å². The maximum Gasteiger partial charge on any atom is 0.0593 e. The molecule has 0 bridgehead atoms. The van der Waals surface area contributed by atoms with Gasteiger partial charge in [0, 0.05) is 37.8 Å². The SMILES string of the molecule is CC(C)COCCN1CC2(CCCCC2)NCC1C. The predicted octanol–water partition coefficient (Wildman–Crippen LogP) is 2.66. The van der Waals surface area contributed by atoms with Gasteiger partial charge in [-0.3, -0.25) is 4.90 Å². The smallest absolute Gasteiger partial charge is 0.0593 e. The molecule has 2 fully saturated rings. The highest BCUT2D eigenvalue weighted by molar-refractivity contribution is 4.98. The van der Waals surface area contributed by atoms with Crippen LogP contribution < -0.4 is 5.32 Å². The van der Waals surface area contributed by atoms with E-state index in [1.807, 2.05) is 0 Å². The molecule has 0 radical (unpaired) electrons. The minimum atomic E-state index is 0.419. The molecule has 19 heavy (non-hydrogen) atoms. The standard InChI is InChI=1S/C16H32N2O/c1-14(2)12-19-10-9-18-13-16(17-11-15(18)3)7-5-4-6-8-16/h14-15,17H,4-13H2,1-3H3. The van der Waals surface area contributed by atoms with E-state index >= 15 is 0 Å². The van der Waals surface area contributed by atoms with Crippen LogP contribution in [0.15, 0.2) is 0 Å². The van der Waals surface area contributed by atoms with Gasteiger partial charge in [-0.2, -0.15) is 0 Å². The van der Waals surface area contributed by atoms with Crippen LogP contribution in [0.4, 0.5) is 0 Å². The van der Waals surface area contributed by atoms with Gasteiger partial charge in [0.15, 0.2) is 0 Å². The van der Waals surface area contributed by atoms with Crippen LogP contribution >= 0.6 is 0 Å². The maximum absolute atomic E-state index is 5.76. The fourth-order valence-corrected chi connectivity index (χ4v) is 3.46. The highest BCUT2D eigenvalue weighted by Crippen LogP contribution is 2.31. The summed E-state index contributed by atoms with van der Waals surface area (Å²) in [5.41, 5.74) is 0.419. The van der Waals surface area contributed by atoms with E-state index in [1.54, 1.807) is 0 Å². The minimum Gasteiger partial charge on any atom is -0.380 e. The number of nitrogens with one attached hydrogen (secondary N) is 1. The summed E-state index contributed by atoms with van der Waals surface area (Å²) in [6, 6.07) is 0.648. The molecular formula is C16H32N2O. The number of rotatable bonds is 5. The maximum atomic E-state index is 5.76. The molecule has 1 aliphatic carbocycles. The topological polar surface area (TPSA) is 24.5 Å². The van der Waals surface area contributed by atoms with Crippen molar-refractivity contribution in [3.05, 3.63) is 0 Å². The largest absolute Gasteiger partial charge is 0.380 e. The van der Waals surface area contributed by atoms with Crippen molar-refractivity contribution in [3.8, 4) is 0 Å². The molecular weight excluding hydrogens is 236 g/mol. The Labute approximate surface area is 119 Å². The summed E-state index contributed by atoms with van der Waals surface area (Å²) < 4.78 is 5.76. The fourth-order valence-electron chi connectivity index (χ4n) is 3.46. The molecule has 0 aromatic carbocycles. The zero-order valence-electron chi connectivity index (χ0n) is 13.1. The molecule has 112 valence electrons. The Bertz CT molecular complexity index is 261. The number of piperazine rings is 1. The van der Waals surface area contributed by atoms with Gasteiger partial charge >= 0.3 is 0 Å². The van der Waals surface area contributed by atoms with Crippen LogP contribution in [-0.2, 0) is 4.74 Å². The first-order chi connectivity index (χ1) is 9.11. The number of ether oxygens (including phenoxy) is 1. The normalized spacial score (nSPS) is 28.1. The molecule has 2 aliphatic rings. The van der Waals surface area contributed by atoms with Crippen molar-refractivity contribution >= 4 is 0 Å². The van der Waals surface area contributed by atoms with Crippen LogP contribution in [0, 0.1) is 5.92 Å². The lowest BCUT2D eigenvalue weighted by molar-refractivity contribution is 0.0277. The summed E-state index contributed by atoms with van der Waals surface area (Å²) in [6.07, 6.45) is 6.96. The van der Waals surface area contributed by atoms with Crippen LogP contribution in [0.5, 0.6) is 0 Å². The molecule has 1 spiro atoms. The lowest BCUT2D eigenvalue weighted by atomic mass is 9.79. The van der Waals surface area contributed by atoms with Crippen LogP contribution in [0.3, 0.4) is 0 Å². The third kappa shape index (κ3) is 4.44. The van der Waals surface area contributed by atoms with Crippen LogP contribution in [-0.4, -0.2) is 49.3 Å². The molecule has 0 aromatic rings. The summed E-state index contributed by atoms with van der Waals surface area (Å²) in [5, 5.41) is 3.84. The summed E-state index contributed by atoms with van der Waals surface area (Å²) in [5.74, 6) is 0.644. The fraction of sp³-hybridized carbons (Fsp3) is 1.00. The Morgan fingerprint density at radius 2 is 2.00 bits per heavy atom. The first kappa shape index (κ1) is 15.3. The number of nitrogens with zero attached hydrogens (tertiary/aromatic N) is 1. The average molecular weight is 268 g/mol. The Hall–Kier alpha value is -0.120. The van der Waals surface area contributed by atoms with E-state index in [-0.39, 0.29) is 0 Å². The van der Waals surface area contributed by atoms with Gasteiger partial charge in [0.2, 0.25) is 0 Å². The first-order valence-electron chi connectivity index (χ1n) is 8.18. The molecule has 2 rings (SSSR count). The third-order valence-corrected chi connectivity index (χ3v) is 4.69. The van der Waals surface area contributed by atoms with Crippen LogP contribution in [0.2, 0.25) is 0 Å². The van der Waals surface area contributed by atoms with E-state index in [4.69, 9.17) is 4.74 Å². The average Bonchev–Trinajstić information content (AvgIpc) is 2.40. The second-order valence-corrected chi connectivity index (χ2v) is 7.01. The van der Waals surface area contributed by atoms with Crippen LogP contribution in [0.25, 0.3) is 0 Å². The van der Waals surface area contributed by atoms with Crippen molar-refractivity contribution in [1.29, 1.82) is 0 Å². The van der Waals surface area contributed by atoms with Gasteiger partial charge in [-0.1, -0.05) is 33.1 Å². The summed E-state index contributed by atoms with van der Waals surface area (Å²) in [7, 11) is 0. The van der Waals surface area contributed by atoms with Gasteiger partial charge in [0.1, 0.15) is 0 Å². The van der Waals surface area contributed by atoms with E-state index in [1.165, 1.54) is 38.6 Å². The van der Waals surface area contributed by atoms with Crippen molar-refractivity contribution in [2.45, 2.75) is 64.5 Å². The van der Waals surface area contributed by atoms with Crippen molar-refractivity contribution in [2.24, 2.45) is 5.92 Å². The molecule has 1 aliphatic heterocycles. The van der Waals surface area contributed by atoms with Gasteiger partial charge in [-0.05, 0) is 25.7 Å². The second kappa shape index (κ2) is 7.05. The van der Waals surface area contributed by atoms with E-state index in [0.717, 1.165) is 26.3 Å². The highest BCUT2D eigenvalue weighted by atomic mass is 16.5. The summed E-state index contributed by atoms with van der Waals surface area (Å²) in [6.45, 7) is 12.0. The molecule has 1 heterocycles. The van der Waals surface area contributed by atoms with Crippen molar-refractivity contribution in [1.82, 2.24) is 10.2 Å². The minimum absolute atomic E-state index is 0.419. The molecule has 1 saturated carbocycles. The summed E-state index contributed by atoms with van der Waals surface area (Å²) >= 11 is 0. The Morgan fingerprint density at radius 1 is 1.26 bits per heavy atom. The molecule has 0 aromatic heterocycles. The third-order valence-electron chi connectivity index (χ3n) is 4.69. The Morgan fingerprint density at radius 3 is 2.68 bits per heavy atom. The Balaban J connectivity index is 1.77. The van der Waals surface area contributed by atoms with E-state index in [9.17, 15) is 0 Å². The predicted molar refractivity (Wildman–Crippen MR) is 80.5 cm³/mol. The number of hydrogen-bond donors (Lipinski definition) is 1. The van der Waals surface area contributed by atoms with Crippen LogP contribution in [0.1, 0.15) is 52.9 Å². The first-order valence-corrected chi connectivity index (χ1v) is 8.18.